The topological polar surface area (TPSA) is 24.1 Å². The fraction of sp³-hybridized carbons (Fsp3) is 1.00. The van der Waals surface area contributed by atoms with E-state index in [0.717, 1.165) is 6.04 Å². The minimum Gasteiger partial charge on any atom is -0.317 e. The molecule has 0 aromatic heterocycles. The van der Waals surface area contributed by atoms with Crippen molar-refractivity contribution in [2.45, 2.75) is 51.5 Å². The molecule has 2 N–H and O–H groups in total. The number of rotatable bonds is 3. The Labute approximate surface area is 87.8 Å². The van der Waals surface area contributed by atoms with Crippen LogP contribution < -0.4 is 10.6 Å². The number of hydrogen-bond donors (Lipinski definition) is 2. The van der Waals surface area contributed by atoms with Gasteiger partial charge in [-0.25, -0.2) is 0 Å². The van der Waals surface area contributed by atoms with E-state index in [-0.39, 0.29) is 0 Å². The fourth-order valence-corrected chi connectivity index (χ4v) is 2.82. The van der Waals surface area contributed by atoms with Gasteiger partial charge in [0, 0.05) is 12.6 Å². The van der Waals surface area contributed by atoms with Crippen LogP contribution in [0, 0.1) is 5.41 Å². The quantitative estimate of drug-likeness (QED) is 0.720. The highest BCUT2D eigenvalue weighted by Gasteiger charge is 2.29. The summed E-state index contributed by atoms with van der Waals surface area (Å²) in [5.41, 5.74) is 0.616. The van der Waals surface area contributed by atoms with Crippen molar-refractivity contribution in [3.05, 3.63) is 0 Å². The minimum atomic E-state index is 0.616. The smallest absolute Gasteiger partial charge is 0.00914 e. The zero-order chi connectivity index (χ0) is 9.86. The van der Waals surface area contributed by atoms with Crippen molar-refractivity contribution in [1.29, 1.82) is 0 Å². The standard InChI is InChI=1S/C12H24N2/c1-12(6-2-3-7-12)10-14-11-4-8-13-9-5-11/h11,13-14H,2-10H2,1H3. The Kier molecular flexibility index (Phi) is 3.45. The summed E-state index contributed by atoms with van der Waals surface area (Å²) >= 11 is 0. The van der Waals surface area contributed by atoms with Gasteiger partial charge in [0.15, 0.2) is 0 Å². The predicted octanol–water partition coefficient (Wildman–Crippen LogP) is 1.91. The third-order valence-corrected chi connectivity index (χ3v) is 3.97. The molecule has 2 fully saturated rings. The first-order valence-corrected chi connectivity index (χ1v) is 6.23. The SMILES string of the molecule is CC1(CNC2CCNCC2)CCCC1. The van der Waals surface area contributed by atoms with Crippen LogP contribution >= 0.6 is 0 Å². The molecule has 0 radical (unpaired) electrons. The average Bonchev–Trinajstić information content (AvgIpc) is 2.65. The lowest BCUT2D eigenvalue weighted by atomic mass is 9.88. The Morgan fingerprint density at radius 2 is 1.86 bits per heavy atom. The molecule has 0 aromatic carbocycles. The zero-order valence-corrected chi connectivity index (χ0v) is 9.44. The van der Waals surface area contributed by atoms with Gasteiger partial charge < -0.3 is 10.6 Å². The molecule has 0 unspecified atom stereocenters. The van der Waals surface area contributed by atoms with Crippen molar-refractivity contribution < 1.29 is 0 Å². The molecule has 0 atom stereocenters. The van der Waals surface area contributed by atoms with Crippen LogP contribution in [0.25, 0.3) is 0 Å². The molecular formula is C12H24N2. The summed E-state index contributed by atoms with van der Waals surface area (Å²) in [6.45, 7) is 6.11. The van der Waals surface area contributed by atoms with E-state index < -0.39 is 0 Å². The predicted molar refractivity (Wildman–Crippen MR) is 60.5 cm³/mol. The van der Waals surface area contributed by atoms with Crippen LogP contribution in [0.1, 0.15) is 45.4 Å². The summed E-state index contributed by atoms with van der Waals surface area (Å²) in [5.74, 6) is 0. The maximum atomic E-state index is 3.76. The van der Waals surface area contributed by atoms with Gasteiger partial charge in [0.2, 0.25) is 0 Å². The molecule has 2 aliphatic rings. The number of nitrogens with one attached hydrogen (secondary N) is 2. The molecule has 1 aliphatic carbocycles. The highest BCUT2D eigenvalue weighted by Crippen LogP contribution is 2.36. The third-order valence-electron chi connectivity index (χ3n) is 3.97. The lowest BCUT2D eigenvalue weighted by molar-refractivity contribution is 0.276. The lowest BCUT2D eigenvalue weighted by Crippen LogP contribution is -2.43. The molecule has 14 heavy (non-hydrogen) atoms. The maximum absolute atomic E-state index is 3.76. The largest absolute Gasteiger partial charge is 0.317 e. The first kappa shape index (κ1) is 10.4. The van der Waals surface area contributed by atoms with Gasteiger partial charge in [0.25, 0.3) is 0 Å². The van der Waals surface area contributed by atoms with Crippen LogP contribution in [-0.4, -0.2) is 25.7 Å². The van der Waals surface area contributed by atoms with Crippen molar-refractivity contribution in [3.8, 4) is 0 Å². The minimum absolute atomic E-state index is 0.616. The molecule has 82 valence electrons. The van der Waals surface area contributed by atoms with Gasteiger partial charge >= 0.3 is 0 Å². The Bertz CT molecular complexity index is 167. The average molecular weight is 196 g/mol. The molecule has 1 heterocycles. The third kappa shape index (κ3) is 2.71. The summed E-state index contributed by atoms with van der Waals surface area (Å²) < 4.78 is 0. The van der Waals surface area contributed by atoms with E-state index in [1.165, 1.54) is 58.2 Å². The van der Waals surface area contributed by atoms with Crippen molar-refractivity contribution >= 4 is 0 Å². The Morgan fingerprint density at radius 1 is 1.21 bits per heavy atom. The first-order valence-electron chi connectivity index (χ1n) is 6.23. The highest BCUT2D eigenvalue weighted by molar-refractivity contribution is 4.85. The summed E-state index contributed by atoms with van der Waals surface area (Å²) in [6.07, 6.45) is 8.40. The van der Waals surface area contributed by atoms with Crippen LogP contribution in [0.4, 0.5) is 0 Å². The van der Waals surface area contributed by atoms with Crippen molar-refractivity contribution in [3.63, 3.8) is 0 Å². The van der Waals surface area contributed by atoms with E-state index in [0.29, 0.717) is 5.41 Å². The Hall–Kier alpha value is -0.0800. The second-order valence-electron chi connectivity index (χ2n) is 5.42. The van der Waals surface area contributed by atoms with Crippen LogP contribution in [0.15, 0.2) is 0 Å². The summed E-state index contributed by atoms with van der Waals surface area (Å²) in [4.78, 5) is 0. The summed E-state index contributed by atoms with van der Waals surface area (Å²) in [6, 6.07) is 0.786. The van der Waals surface area contributed by atoms with Gasteiger partial charge in [-0.3, -0.25) is 0 Å². The summed E-state index contributed by atoms with van der Waals surface area (Å²) in [5, 5.41) is 7.18. The van der Waals surface area contributed by atoms with Crippen LogP contribution in [0.2, 0.25) is 0 Å². The van der Waals surface area contributed by atoms with E-state index in [9.17, 15) is 0 Å². The lowest BCUT2D eigenvalue weighted by Gasteiger charge is -2.30. The second kappa shape index (κ2) is 4.63. The molecule has 2 nitrogen and oxygen atoms in total. The normalized spacial score (nSPS) is 28.1. The van der Waals surface area contributed by atoms with Crippen LogP contribution in [0.5, 0.6) is 0 Å². The molecule has 2 rings (SSSR count). The highest BCUT2D eigenvalue weighted by atomic mass is 15.0. The number of piperidine rings is 1. The van der Waals surface area contributed by atoms with E-state index in [1.807, 2.05) is 0 Å². The van der Waals surface area contributed by atoms with E-state index in [2.05, 4.69) is 17.6 Å². The molecule has 0 aromatic rings. The zero-order valence-electron chi connectivity index (χ0n) is 9.44. The van der Waals surface area contributed by atoms with Crippen molar-refractivity contribution in [2.24, 2.45) is 5.41 Å². The molecule has 1 saturated heterocycles. The summed E-state index contributed by atoms with van der Waals surface area (Å²) in [7, 11) is 0. The van der Waals surface area contributed by atoms with Crippen molar-refractivity contribution in [1.82, 2.24) is 10.6 Å². The van der Waals surface area contributed by atoms with Gasteiger partial charge in [-0.15, -0.1) is 0 Å². The molecule has 0 bridgehead atoms. The molecule has 2 heteroatoms. The molecule has 0 amide bonds. The van der Waals surface area contributed by atoms with Crippen molar-refractivity contribution in [2.75, 3.05) is 19.6 Å². The maximum Gasteiger partial charge on any atom is 0.00914 e. The second-order valence-corrected chi connectivity index (χ2v) is 5.42. The van der Waals surface area contributed by atoms with Gasteiger partial charge in [-0.2, -0.15) is 0 Å². The molecule has 0 spiro atoms. The molecule has 1 aliphatic heterocycles. The van der Waals surface area contributed by atoms with Gasteiger partial charge in [0.05, 0.1) is 0 Å². The van der Waals surface area contributed by atoms with E-state index in [4.69, 9.17) is 0 Å². The Balaban J connectivity index is 1.70. The van der Waals surface area contributed by atoms with Gasteiger partial charge in [-0.1, -0.05) is 19.8 Å². The van der Waals surface area contributed by atoms with E-state index in [1.54, 1.807) is 0 Å². The van der Waals surface area contributed by atoms with E-state index >= 15 is 0 Å². The fourth-order valence-electron chi connectivity index (χ4n) is 2.82. The van der Waals surface area contributed by atoms with Gasteiger partial charge in [-0.05, 0) is 44.2 Å². The Morgan fingerprint density at radius 3 is 2.50 bits per heavy atom. The van der Waals surface area contributed by atoms with Gasteiger partial charge in [0.1, 0.15) is 0 Å². The van der Waals surface area contributed by atoms with Crippen LogP contribution in [0.3, 0.4) is 0 Å². The first-order chi connectivity index (χ1) is 6.79. The van der Waals surface area contributed by atoms with Crippen LogP contribution in [-0.2, 0) is 0 Å². The molecule has 1 saturated carbocycles. The molecular weight excluding hydrogens is 172 g/mol. The number of hydrogen-bond acceptors (Lipinski definition) is 2. The monoisotopic (exact) mass is 196 g/mol.